The molecule has 1 aromatic heterocycles. The van der Waals surface area contributed by atoms with Crippen molar-refractivity contribution in [2.45, 2.75) is 25.3 Å². The van der Waals surface area contributed by atoms with E-state index in [1.165, 1.54) is 6.21 Å². The Kier molecular flexibility index (Phi) is 5.27. The van der Waals surface area contributed by atoms with Crippen molar-refractivity contribution in [1.82, 2.24) is 20.7 Å². The fourth-order valence-electron chi connectivity index (χ4n) is 4.49. The fraction of sp³-hybridized carbons (Fsp3) is 0.364. The third-order valence-corrected chi connectivity index (χ3v) is 6.04. The Labute approximate surface area is 175 Å². The van der Waals surface area contributed by atoms with Crippen LogP contribution in [0.5, 0.6) is 0 Å². The van der Waals surface area contributed by atoms with Crippen molar-refractivity contribution in [1.29, 1.82) is 10.7 Å². The molecular formula is C22H24N6O2. The molecule has 2 aromatic rings. The van der Waals surface area contributed by atoms with E-state index < -0.39 is 0 Å². The van der Waals surface area contributed by atoms with Gasteiger partial charge in [-0.15, -0.1) is 0 Å². The maximum absolute atomic E-state index is 12.9. The number of likely N-dealkylation sites (tertiary alicyclic amines) is 1. The molecule has 8 nitrogen and oxygen atoms in total. The molecule has 2 aliphatic rings. The van der Waals surface area contributed by atoms with Crippen molar-refractivity contribution in [3.63, 3.8) is 0 Å². The Bertz CT molecular complexity index is 1010. The van der Waals surface area contributed by atoms with Gasteiger partial charge in [0.15, 0.2) is 6.19 Å². The van der Waals surface area contributed by atoms with Gasteiger partial charge in [-0.2, -0.15) is 5.26 Å². The van der Waals surface area contributed by atoms with E-state index in [-0.39, 0.29) is 23.1 Å². The van der Waals surface area contributed by atoms with Crippen LogP contribution in [-0.4, -0.2) is 48.4 Å². The number of carbonyl (C=O) groups is 1. The van der Waals surface area contributed by atoms with E-state index in [0.717, 1.165) is 36.0 Å². The Morgan fingerprint density at radius 2 is 2.17 bits per heavy atom. The predicted octanol–water partition coefficient (Wildman–Crippen LogP) is 2.62. The lowest BCUT2D eigenvalue weighted by Crippen LogP contribution is -2.49. The van der Waals surface area contributed by atoms with Crippen molar-refractivity contribution in [3.8, 4) is 17.5 Å². The summed E-state index contributed by atoms with van der Waals surface area (Å²) in [6.07, 6.45) is 7.87. The van der Waals surface area contributed by atoms with E-state index in [9.17, 15) is 4.79 Å². The largest absolute Gasteiger partial charge is 0.393 e. The highest BCUT2D eigenvalue weighted by molar-refractivity contribution is 6.08. The number of nitriles is 1. The van der Waals surface area contributed by atoms with Crippen LogP contribution in [0.2, 0.25) is 0 Å². The van der Waals surface area contributed by atoms with Crippen LogP contribution in [0, 0.1) is 22.3 Å². The lowest BCUT2D eigenvalue weighted by molar-refractivity contribution is 0.0646. The van der Waals surface area contributed by atoms with Crippen LogP contribution < -0.4 is 10.6 Å². The highest BCUT2D eigenvalue weighted by Gasteiger charge is 2.49. The van der Waals surface area contributed by atoms with Crippen LogP contribution in [-0.2, 0) is 0 Å². The molecule has 0 unspecified atom stereocenters. The van der Waals surface area contributed by atoms with Crippen molar-refractivity contribution in [2.24, 2.45) is 5.41 Å². The third kappa shape index (κ3) is 3.66. The van der Waals surface area contributed by atoms with Crippen molar-refractivity contribution in [2.75, 3.05) is 20.1 Å². The second kappa shape index (κ2) is 8.03. The van der Waals surface area contributed by atoms with Gasteiger partial charge in [-0.1, -0.05) is 29.4 Å². The second-order valence-corrected chi connectivity index (χ2v) is 8.02. The first kappa shape index (κ1) is 19.7. The number of aromatic nitrogens is 1. The summed E-state index contributed by atoms with van der Waals surface area (Å²) >= 11 is 0. The van der Waals surface area contributed by atoms with Crippen LogP contribution in [0.3, 0.4) is 0 Å². The number of nitrogens with zero attached hydrogens (tertiary/aromatic N) is 3. The lowest BCUT2D eigenvalue weighted by Gasteiger charge is -2.44. The minimum Gasteiger partial charge on any atom is -0.393 e. The average molecular weight is 404 g/mol. The van der Waals surface area contributed by atoms with Crippen molar-refractivity contribution >= 4 is 17.7 Å². The molecule has 2 fully saturated rings. The van der Waals surface area contributed by atoms with Gasteiger partial charge < -0.3 is 25.5 Å². The van der Waals surface area contributed by atoms with Crippen molar-refractivity contribution < 1.29 is 9.32 Å². The van der Waals surface area contributed by atoms with E-state index in [1.807, 2.05) is 35.4 Å². The van der Waals surface area contributed by atoms with Crippen LogP contribution >= 0.6 is 0 Å². The molecular weight excluding hydrogens is 380 g/mol. The molecule has 4 rings (SSSR count). The van der Waals surface area contributed by atoms with Crippen LogP contribution in [0.1, 0.15) is 35.4 Å². The number of allylic oxidation sites excluding steroid dienone is 1. The summed E-state index contributed by atoms with van der Waals surface area (Å²) in [5.74, 6) is 0.106. The minimum atomic E-state index is -0.137. The molecule has 0 atom stereocenters. The molecule has 1 amide bonds. The zero-order valence-corrected chi connectivity index (χ0v) is 16.8. The van der Waals surface area contributed by atoms with Crippen LogP contribution in [0.15, 0.2) is 41.1 Å². The molecule has 0 bridgehead atoms. The molecule has 154 valence electrons. The maximum atomic E-state index is 12.9. The molecule has 1 saturated carbocycles. The number of benzene rings is 1. The van der Waals surface area contributed by atoms with Gasteiger partial charge in [0.2, 0.25) is 5.76 Å². The molecule has 0 radical (unpaired) electrons. The molecule has 1 aromatic carbocycles. The van der Waals surface area contributed by atoms with E-state index >= 15 is 0 Å². The Balaban J connectivity index is 1.42. The molecule has 1 spiro atoms. The smallest absolute Gasteiger partial charge is 0.292 e. The zero-order chi connectivity index (χ0) is 21.1. The molecule has 1 saturated heterocycles. The first-order valence-corrected chi connectivity index (χ1v) is 9.97. The Hall–Kier alpha value is -3.60. The quantitative estimate of drug-likeness (QED) is 0.387. The normalized spacial score (nSPS) is 23.0. The van der Waals surface area contributed by atoms with Crippen molar-refractivity contribution in [3.05, 3.63) is 47.9 Å². The van der Waals surface area contributed by atoms with Gasteiger partial charge >= 0.3 is 0 Å². The molecule has 1 aliphatic heterocycles. The highest BCUT2D eigenvalue weighted by atomic mass is 16.5. The topological polar surface area (TPSA) is 118 Å². The number of amides is 1. The summed E-state index contributed by atoms with van der Waals surface area (Å²) in [7, 11) is 1.79. The fourth-order valence-corrected chi connectivity index (χ4v) is 4.49. The molecule has 3 N–H and O–H groups in total. The van der Waals surface area contributed by atoms with E-state index in [1.54, 1.807) is 19.3 Å². The lowest BCUT2D eigenvalue weighted by atomic mass is 9.65. The summed E-state index contributed by atoms with van der Waals surface area (Å²) in [6, 6.07) is 9.54. The zero-order valence-electron chi connectivity index (χ0n) is 16.8. The van der Waals surface area contributed by atoms with Gasteiger partial charge in [0.1, 0.15) is 5.69 Å². The molecule has 30 heavy (non-hydrogen) atoms. The molecule has 2 heterocycles. The number of hydrogen-bond donors (Lipinski definition) is 3. The third-order valence-electron chi connectivity index (χ3n) is 6.04. The number of hydrogen-bond acceptors (Lipinski definition) is 7. The van der Waals surface area contributed by atoms with Crippen LogP contribution in [0.4, 0.5) is 0 Å². The first-order valence-electron chi connectivity index (χ1n) is 9.97. The summed E-state index contributed by atoms with van der Waals surface area (Å²) in [5, 5.41) is 26.1. The van der Waals surface area contributed by atoms with Gasteiger partial charge in [0, 0.05) is 55.8 Å². The summed E-state index contributed by atoms with van der Waals surface area (Å²) < 4.78 is 5.36. The Morgan fingerprint density at radius 3 is 2.83 bits per heavy atom. The van der Waals surface area contributed by atoms with E-state index in [4.69, 9.17) is 15.2 Å². The van der Waals surface area contributed by atoms with Gasteiger partial charge in [0.05, 0.1) is 0 Å². The first-order chi connectivity index (χ1) is 14.6. The Morgan fingerprint density at radius 1 is 1.40 bits per heavy atom. The predicted molar refractivity (Wildman–Crippen MR) is 112 cm³/mol. The highest BCUT2D eigenvalue weighted by Crippen LogP contribution is 2.48. The monoisotopic (exact) mass is 404 g/mol. The molecule has 1 aliphatic carbocycles. The molecule has 8 heteroatoms. The summed E-state index contributed by atoms with van der Waals surface area (Å²) in [5.41, 5.74) is 3.27. The summed E-state index contributed by atoms with van der Waals surface area (Å²) in [6.45, 7) is 1.40. The second-order valence-electron chi connectivity index (χ2n) is 8.02. The van der Waals surface area contributed by atoms with Gasteiger partial charge in [-0.05, 0) is 30.2 Å². The van der Waals surface area contributed by atoms with Gasteiger partial charge in [0.25, 0.3) is 5.91 Å². The van der Waals surface area contributed by atoms with E-state index in [0.29, 0.717) is 18.8 Å². The van der Waals surface area contributed by atoms with Gasteiger partial charge in [-0.3, -0.25) is 4.79 Å². The van der Waals surface area contributed by atoms with Gasteiger partial charge in [-0.25, -0.2) is 0 Å². The average Bonchev–Trinajstić information content (AvgIpc) is 3.40. The SMILES string of the molecule is CN/C=C(\C=N)c1ccc(-c2cc(C(=O)N3CCC4(CC(NC#N)C4)C3)on2)cc1. The van der Waals surface area contributed by atoms with E-state index in [2.05, 4.69) is 15.8 Å². The maximum Gasteiger partial charge on any atom is 0.292 e. The number of carbonyl (C=O) groups excluding carboxylic acids is 1. The number of rotatable bonds is 6. The van der Waals surface area contributed by atoms with Crippen LogP contribution in [0.25, 0.3) is 16.8 Å². The number of nitrogens with one attached hydrogen (secondary N) is 3. The minimum absolute atomic E-state index is 0.135. The standard InChI is InChI=1S/C22H24N6O2/c1-25-12-17(11-23)15-2-4-16(5-3-15)19-8-20(30-27-19)21(29)28-7-6-22(13-28)9-18(10-22)26-14-24/h2-5,8,11-12,18,23,25-26H,6-7,9-10,13H2,1H3/b17-12+,23-11?. The summed E-state index contributed by atoms with van der Waals surface area (Å²) in [4.78, 5) is 14.7.